The van der Waals surface area contributed by atoms with Gasteiger partial charge in [0.1, 0.15) is 18.0 Å². The molecule has 1 aromatic heterocycles. The van der Waals surface area contributed by atoms with Gasteiger partial charge in [0.15, 0.2) is 0 Å². The molecule has 22 heavy (non-hydrogen) atoms. The van der Waals surface area contributed by atoms with E-state index in [2.05, 4.69) is 29.7 Å². The van der Waals surface area contributed by atoms with Crippen molar-refractivity contribution in [2.75, 3.05) is 26.7 Å². The van der Waals surface area contributed by atoms with Crippen molar-refractivity contribution in [2.24, 2.45) is 4.99 Å². The van der Waals surface area contributed by atoms with Crippen LogP contribution in [0.5, 0.6) is 5.75 Å². The highest BCUT2D eigenvalue weighted by Gasteiger charge is 2.34. The first kappa shape index (κ1) is 15.4. The van der Waals surface area contributed by atoms with Crippen molar-refractivity contribution in [2.45, 2.75) is 26.3 Å². The number of halogens is 1. The number of hydrogen-bond acceptors (Lipinski definition) is 2. The normalized spacial score (nSPS) is 19.4. The Morgan fingerprint density at radius 3 is 3.00 bits per heavy atom. The summed E-state index contributed by atoms with van der Waals surface area (Å²) >= 11 is 0. The fraction of sp³-hybridized carbons (Fsp3) is 0.471. The van der Waals surface area contributed by atoms with E-state index in [-0.39, 0.29) is 12.4 Å². The Balaban J connectivity index is 0.00000144. The summed E-state index contributed by atoms with van der Waals surface area (Å²) in [5.41, 5.74) is 4.20. The second-order valence-corrected chi connectivity index (χ2v) is 5.95. The topological polar surface area (TPSA) is 31.0 Å². The first-order valence-electron chi connectivity index (χ1n) is 7.92. The van der Waals surface area contributed by atoms with Crippen molar-refractivity contribution in [3.63, 3.8) is 0 Å². The lowest BCUT2D eigenvalue weighted by Crippen LogP contribution is -3.16. The third-order valence-electron chi connectivity index (χ3n) is 4.76. The maximum Gasteiger partial charge on any atom is 0.245 e. The number of aromatic nitrogens is 1. The number of rotatable bonds is 3. The Morgan fingerprint density at radius 2 is 2.23 bits per heavy atom. The molecule has 0 fully saturated rings. The van der Waals surface area contributed by atoms with Crippen molar-refractivity contribution in [3.8, 4) is 5.75 Å². The van der Waals surface area contributed by atoms with Gasteiger partial charge in [-0.1, -0.05) is 6.92 Å². The van der Waals surface area contributed by atoms with E-state index in [1.165, 1.54) is 41.0 Å². The van der Waals surface area contributed by atoms with Gasteiger partial charge in [0, 0.05) is 17.4 Å². The summed E-state index contributed by atoms with van der Waals surface area (Å²) in [7, 11) is 1.74. The van der Waals surface area contributed by atoms with Crippen LogP contribution in [0, 0.1) is 0 Å². The van der Waals surface area contributed by atoms with Gasteiger partial charge in [-0.15, -0.1) is 0 Å². The highest BCUT2D eigenvalue weighted by molar-refractivity contribution is 6.02. The number of methoxy groups -OCH3 is 1. The molecule has 1 N–H and O–H groups in total. The van der Waals surface area contributed by atoms with E-state index in [1.807, 2.05) is 0 Å². The number of quaternary nitrogens is 1. The second kappa shape index (κ2) is 5.94. The van der Waals surface area contributed by atoms with E-state index >= 15 is 0 Å². The van der Waals surface area contributed by atoms with Crippen molar-refractivity contribution in [1.29, 1.82) is 0 Å². The van der Waals surface area contributed by atoms with E-state index in [0.717, 1.165) is 31.8 Å². The molecular weight excluding hydrogens is 298 g/mol. The number of nitrogens with one attached hydrogen (secondary N) is 1. The van der Waals surface area contributed by atoms with Crippen LogP contribution >= 0.6 is 0 Å². The molecule has 2 aliphatic rings. The highest BCUT2D eigenvalue weighted by Crippen LogP contribution is 2.32. The summed E-state index contributed by atoms with van der Waals surface area (Å²) < 4.78 is 7.89. The van der Waals surface area contributed by atoms with Crippen LogP contribution in [-0.4, -0.2) is 37.1 Å². The molecule has 0 radical (unpaired) electrons. The van der Waals surface area contributed by atoms with Gasteiger partial charge in [-0.05, 0) is 36.6 Å². The van der Waals surface area contributed by atoms with Crippen LogP contribution in [0.15, 0.2) is 23.2 Å². The zero-order chi connectivity index (χ0) is 14.4. The molecule has 0 spiro atoms. The average molecular weight is 320 g/mol. The van der Waals surface area contributed by atoms with E-state index < -0.39 is 0 Å². The fourth-order valence-corrected chi connectivity index (χ4v) is 3.83. The van der Waals surface area contributed by atoms with Gasteiger partial charge in [0.25, 0.3) is 0 Å². The smallest absolute Gasteiger partial charge is 0.245 e. The van der Waals surface area contributed by atoms with Gasteiger partial charge in [-0.2, -0.15) is 0 Å². The van der Waals surface area contributed by atoms with Gasteiger partial charge >= 0.3 is 0 Å². The van der Waals surface area contributed by atoms with Crippen molar-refractivity contribution < 1.29 is 22.0 Å². The van der Waals surface area contributed by atoms with Crippen molar-refractivity contribution >= 4 is 16.7 Å². The first-order valence-corrected chi connectivity index (χ1v) is 7.92. The summed E-state index contributed by atoms with van der Waals surface area (Å²) in [6, 6.07) is 6.46. The number of fused-ring (bicyclic) bond motifs is 3. The van der Waals surface area contributed by atoms with E-state index in [1.54, 1.807) is 12.0 Å². The Kier molecular flexibility index (Phi) is 4.15. The SMILES string of the molecule is CCC[NH+]1CCn2c3c(c4cc(OC)ccc42)CCN=C31.[Cl-]. The van der Waals surface area contributed by atoms with Gasteiger partial charge in [0.05, 0.1) is 20.2 Å². The molecule has 1 atom stereocenters. The molecule has 1 unspecified atom stereocenters. The predicted octanol–water partition coefficient (Wildman–Crippen LogP) is -1.73. The molecule has 0 bridgehead atoms. The third-order valence-corrected chi connectivity index (χ3v) is 4.76. The van der Waals surface area contributed by atoms with E-state index in [0.29, 0.717) is 0 Å². The minimum atomic E-state index is 0. The lowest BCUT2D eigenvalue weighted by molar-refractivity contribution is -0.808. The molecule has 0 saturated carbocycles. The quantitative estimate of drug-likeness (QED) is 0.716. The lowest BCUT2D eigenvalue weighted by atomic mass is 10.0. The number of nitrogens with zero attached hydrogens (tertiary/aromatic N) is 2. The summed E-state index contributed by atoms with van der Waals surface area (Å²) in [4.78, 5) is 6.42. The largest absolute Gasteiger partial charge is 1.00 e. The molecule has 0 saturated heterocycles. The van der Waals surface area contributed by atoms with Crippen LogP contribution in [0.25, 0.3) is 10.9 Å². The molecule has 2 aromatic rings. The molecule has 1 aromatic carbocycles. The van der Waals surface area contributed by atoms with Crippen LogP contribution in [0.4, 0.5) is 0 Å². The van der Waals surface area contributed by atoms with Gasteiger partial charge in [0.2, 0.25) is 5.84 Å². The third kappa shape index (κ3) is 2.13. The van der Waals surface area contributed by atoms with E-state index in [9.17, 15) is 0 Å². The molecule has 2 aliphatic heterocycles. The monoisotopic (exact) mass is 319 g/mol. The second-order valence-electron chi connectivity index (χ2n) is 5.95. The molecule has 4 rings (SSSR count). The molecule has 118 valence electrons. The summed E-state index contributed by atoms with van der Waals surface area (Å²) in [6.45, 7) is 6.60. The standard InChI is InChI=1S/C17H21N3O.ClH/c1-3-8-19-9-10-20-15-5-4-12(21-2)11-14(15)13-6-7-18-17(19)16(13)20;/h4-5,11H,3,6-10H2,1-2H3;1H. The Bertz CT molecular complexity index is 735. The molecular formula is C17H22ClN3O. The predicted molar refractivity (Wildman–Crippen MR) is 84.6 cm³/mol. The number of ether oxygens (including phenoxy) is 1. The zero-order valence-electron chi connectivity index (χ0n) is 13.2. The van der Waals surface area contributed by atoms with E-state index in [4.69, 9.17) is 9.73 Å². The molecule has 0 amide bonds. The van der Waals surface area contributed by atoms with Crippen LogP contribution in [0.2, 0.25) is 0 Å². The van der Waals surface area contributed by atoms with Gasteiger partial charge in [-0.25, -0.2) is 4.99 Å². The summed E-state index contributed by atoms with van der Waals surface area (Å²) in [6.07, 6.45) is 2.26. The molecule has 4 nitrogen and oxygen atoms in total. The lowest BCUT2D eigenvalue weighted by Gasteiger charge is -2.28. The van der Waals surface area contributed by atoms with Crippen LogP contribution in [-0.2, 0) is 13.0 Å². The molecule has 0 aliphatic carbocycles. The van der Waals surface area contributed by atoms with Gasteiger partial charge < -0.3 is 21.7 Å². The fourth-order valence-electron chi connectivity index (χ4n) is 3.83. The molecule has 5 heteroatoms. The average Bonchev–Trinajstić information content (AvgIpc) is 2.85. The Hall–Kier alpha value is -1.52. The summed E-state index contributed by atoms with van der Waals surface area (Å²) in [5.74, 6) is 2.24. The number of amidine groups is 1. The van der Waals surface area contributed by atoms with Crippen LogP contribution in [0.1, 0.15) is 24.6 Å². The zero-order valence-corrected chi connectivity index (χ0v) is 13.9. The van der Waals surface area contributed by atoms with Gasteiger partial charge in [-0.3, -0.25) is 4.90 Å². The first-order chi connectivity index (χ1) is 10.3. The van der Waals surface area contributed by atoms with Crippen molar-refractivity contribution in [3.05, 3.63) is 29.5 Å². The van der Waals surface area contributed by atoms with Crippen molar-refractivity contribution in [1.82, 2.24) is 4.57 Å². The number of aliphatic imine (C=N–C) groups is 1. The maximum atomic E-state index is 5.41. The Labute approximate surface area is 137 Å². The van der Waals surface area contributed by atoms with Crippen LogP contribution < -0.4 is 22.0 Å². The number of hydrogen-bond donors (Lipinski definition) is 1. The number of benzene rings is 1. The van der Waals surface area contributed by atoms with Crippen LogP contribution in [0.3, 0.4) is 0 Å². The maximum absolute atomic E-state index is 5.41. The summed E-state index contributed by atoms with van der Waals surface area (Å²) in [5, 5.41) is 1.36. The minimum absolute atomic E-state index is 0. The highest BCUT2D eigenvalue weighted by atomic mass is 35.5. The Morgan fingerprint density at radius 1 is 1.36 bits per heavy atom. The molecule has 3 heterocycles. The minimum Gasteiger partial charge on any atom is -1.00 e.